The molecular weight excluding hydrogens is 218 g/mol. The molecule has 1 fully saturated rings. The third kappa shape index (κ3) is 2.37. The Morgan fingerprint density at radius 3 is 2.83 bits per heavy atom. The quantitative estimate of drug-likeness (QED) is 0.793. The maximum atomic E-state index is 3.72. The highest BCUT2D eigenvalue weighted by molar-refractivity contribution is 5.22. The highest BCUT2D eigenvalue weighted by Gasteiger charge is 2.38. The molecule has 1 nitrogen and oxygen atoms in total. The van der Waals surface area contributed by atoms with Crippen LogP contribution in [0.3, 0.4) is 0 Å². The van der Waals surface area contributed by atoms with Crippen molar-refractivity contribution in [2.45, 2.75) is 39.3 Å². The lowest BCUT2D eigenvalue weighted by molar-refractivity contribution is 0.326. The fourth-order valence-corrected chi connectivity index (χ4v) is 3.65. The van der Waals surface area contributed by atoms with Crippen LogP contribution in [-0.4, -0.2) is 6.04 Å². The fourth-order valence-electron chi connectivity index (χ4n) is 3.65. The van der Waals surface area contributed by atoms with E-state index >= 15 is 0 Å². The summed E-state index contributed by atoms with van der Waals surface area (Å²) < 4.78 is 0. The van der Waals surface area contributed by atoms with E-state index in [-0.39, 0.29) is 0 Å². The average Bonchev–Trinajstić information content (AvgIpc) is 2.98. The van der Waals surface area contributed by atoms with Gasteiger partial charge in [-0.3, -0.25) is 0 Å². The number of benzene rings is 1. The highest BCUT2D eigenvalue weighted by atomic mass is 14.9. The van der Waals surface area contributed by atoms with Crippen LogP contribution in [0.1, 0.15) is 30.9 Å². The molecule has 1 heteroatoms. The van der Waals surface area contributed by atoms with Gasteiger partial charge in [-0.1, -0.05) is 42.0 Å². The lowest BCUT2D eigenvalue weighted by Crippen LogP contribution is -2.35. The predicted molar refractivity (Wildman–Crippen MR) is 76.3 cm³/mol. The molecule has 0 radical (unpaired) electrons. The van der Waals surface area contributed by atoms with Gasteiger partial charge in [-0.05, 0) is 50.0 Å². The van der Waals surface area contributed by atoms with E-state index in [1.165, 1.54) is 24.0 Å². The first-order valence-corrected chi connectivity index (χ1v) is 7.19. The summed E-state index contributed by atoms with van der Waals surface area (Å²) in [6.07, 6.45) is 7.67. The second-order valence-corrected chi connectivity index (χ2v) is 6.10. The van der Waals surface area contributed by atoms with E-state index < -0.39 is 0 Å². The summed E-state index contributed by atoms with van der Waals surface area (Å²) in [6, 6.07) is 9.43. The minimum absolute atomic E-state index is 0.630. The maximum absolute atomic E-state index is 3.72. The lowest BCUT2D eigenvalue weighted by atomic mass is 9.87. The molecule has 1 aromatic carbocycles. The SMILES string of the molecule is Cc1cccc(CNC(C)C2CC3C=CC2C3)c1. The summed E-state index contributed by atoms with van der Waals surface area (Å²) in [5.74, 6) is 2.57. The molecule has 0 saturated heterocycles. The smallest absolute Gasteiger partial charge is 0.0208 e. The minimum Gasteiger partial charge on any atom is -0.310 e. The average molecular weight is 241 g/mol. The van der Waals surface area contributed by atoms with Gasteiger partial charge in [0.25, 0.3) is 0 Å². The topological polar surface area (TPSA) is 12.0 Å². The number of hydrogen-bond acceptors (Lipinski definition) is 1. The Hall–Kier alpha value is -1.08. The molecule has 4 unspecified atom stereocenters. The number of allylic oxidation sites excluding steroid dienone is 2. The van der Waals surface area contributed by atoms with Crippen LogP contribution in [-0.2, 0) is 6.54 Å². The molecule has 0 heterocycles. The van der Waals surface area contributed by atoms with E-state index in [2.05, 4.69) is 55.6 Å². The van der Waals surface area contributed by atoms with E-state index in [9.17, 15) is 0 Å². The van der Waals surface area contributed by atoms with Crippen molar-refractivity contribution in [3.63, 3.8) is 0 Å². The molecule has 2 aliphatic carbocycles. The monoisotopic (exact) mass is 241 g/mol. The Morgan fingerprint density at radius 1 is 1.28 bits per heavy atom. The van der Waals surface area contributed by atoms with Gasteiger partial charge >= 0.3 is 0 Å². The molecule has 0 aliphatic heterocycles. The maximum Gasteiger partial charge on any atom is 0.0208 e. The van der Waals surface area contributed by atoms with Gasteiger partial charge in [0.15, 0.2) is 0 Å². The predicted octanol–water partition coefficient (Wildman–Crippen LogP) is 3.69. The van der Waals surface area contributed by atoms with Crippen LogP contribution in [0, 0.1) is 24.7 Å². The van der Waals surface area contributed by atoms with Crippen molar-refractivity contribution in [2.75, 3.05) is 0 Å². The van der Waals surface area contributed by atoms with Crippen molar-refractivity contribution in [3.8, 4) is 0 Å². The molecule has 3 rings (SSSR count). The first-order valence-electron chi connectivity index (χ1n) is 7.19. The summed E-state index contributed by atoms with van der Waals surface area (Å²) in [5, 5.41) is 3.72. The van der Waals surface area contributed by atoms with E-state index in [1.54, 1.807) is 0 Å². The number of fused-ring (bicyclic) bond motifs is 2. The van der Waals surface area contributed by atoms with Gasteiger partial charge in [-0.25, -0.2) is 0 Å². The number of nitrogens with one attached hydrogen (secondary N) is 1. The standard InChI is InChI=1S/C17H23N/c1-12-4-3-5-15(8-12)11-18-13(2)17-10-14-6-7-16(17)9-14/h3-8,13-14,16-18H,9-11H2,1-2H3. The summed E-state index contributed by atoms with van der Waals surface area (Å²) >= 11 is 0. The van der Waals surface area contributed by atoms with Crippen molar-refractivity contribution in [1.29, 1.82) is 0 Å². The van der Waals surface area contributed by atoms with Crippen molar-refractivity contribution in [1.82, 2.24) is 5.32 Å². The van der Waals surface area contributed by atoms with Crippen LogP contribution in [0.2, 0.25) is 0 Å². The van der Waals surface area contributed by atoms with Crippen LogP contribution >= 0.6 is 0 Å². The van der Waals surface area contributed by atoms with Gasteiger partial charge in [0.05, 0.1) is 0 Å². The zero-order valence-corrected chi connectivity index (χ0v) is 11.4. The largest absolute Gasteiger partial charge is 0.310 e. The van der Waals surface area contributed by atoms with Gasteiger partial charge in [0.2, 0.25) is 0 Å². The van der Waals surface area contributed by atoms with Crippen molar-refractivity contribution < 1.29 is 0 Å². The minimum atomic E-state index is 0.630. The van der Waals surface area contributed by atoms with Gasteiger partial charge in [0, 0.05) is 12.6 Å². The number of hydrogen-bond donors (Lipinski definition) is 1. The molecule has 0 aromatic heterocycles. The zero-order chi connectivity index (χ0) is 12.5. The van der Waals surface area contributed by atoms with Crippen molar-refractivity contribution in [2.24, 2.45) is 17.8 Å². The van der Waals surface area contributed by atoms with Gasteiger partial charge in [-0.15, -0.1) is 0 Å². The van der Waals surface area contributed by atoms with Crippen molar-refractivity contribution >= 4 is 0 Å². The summed E-state index contributed by atoms with van der Waals surface area (Å²) in [6.45, 7) is 5.52. The summed E-state index contributed by atoms with van der Waals surface area (Å²) in [4.78, 5) is 0. The first kappa shape index (κ1) is 12.0. The van der Waals surface area contributed by atoms with Crippen LogP contribution in [0.4, 0.5) is 0 Å². The van der Waals surface area contributed by atoms with Crippen LogP contribution in [0.25, 0.3) is 0 Å². The summed E-state index contributed by atoms with van der Waals surface area (Å²) in [5.41, 5.74) is 2.75. The van der Waals surface area contributed by atoms with Crippen LogP contribution in [0.15, 0.2) is 36.4 Å². The molecule has 2 aliphatic rings. The molecule has 96 valence electrons. The van der Waals surface area contributed by atoms with E-state index in [4.69, 9.17) is 0 Å². The van der Waals surface area contributed by atoms with E-state index in [1.807, 2.05) is 0 Å². The Kier molecular flexibility index (Phi) is 3.25. The molecule has 18 heavy (non-hydrogen) atoms. The van der Waals surface area contributed by atoms with Crippen molar-refractivity contribution in [3.05, 3.63) is 47.5 Å². The first-order chi connectivity index (χ1) is 8.72. The second kappa shape index (κ2) is 4.89. The van der Waals surface area contributed by atoms with Gasteiger partial charge < -0.3 is 5.32 Å². The molecular formula is C17H23N. The highest BCUT2D eigenvalue weighted by Crippen LogP contribution is 2.44. The Labute approximate surface area is 110 Å². The second-order valence-electron chi connectivity index (χ2n) is 6.10. The van der Waals surface area contributed by atoms with E-state index in [0.717, 1.165) is 24.3 Å². The zero-order valence-electron chi connectivity index (χ0n) is 11.4. The lowest BCUT2D eigenvalue weighted by Gasteiger charge is -2.26. The Morgan fingerprint density at radius 2 is 2.17 bits per heavy atom. The van der Waals surface area contributed by atoms with Gasteiger partial charge in [0.1, 0.15) is 0 Å². The molecule has 1 saturated carbocycles. The third-order valence-electron chi connectivity index (χ3n) is 4.68. The molecule has 0 spiro atoms. The normalized spacial score (nSPS) is 30.9. The molecule has 1 N–H and O–H groups in total. The fraction of sp³-hybridized carbons (Fsp3) is 0.529. The summed E-state index contributed by atoms with van der Waals surface area (Å²) in [7, 11) is 0. The molecule has 1 aromatic rings. The third-order valence-corrected chi connectivity index (χ3v) is 4.68. The Balaban J connectivity index is 1.56. The Bertz CT molecular complexity index is 449. The van der Waals surface area contributed by atoms with Crippen LogP contribution < -0.4 is 5.32 Å². The number of aryl methyl sites for hydroxylation is 1. The van der Waals surface area contributed by atoms with Gasteiger partial charge in [-0.2, -0.15) is 0 Å². The van der Waals surface area contributed by atoms with E-state index in [0.29, 0.717) is 6.04 Å². The molecule has 2 bridgehead atoms. The molecule has 0 amide bonds. The number of rotatable bonds is 4. The van der Waals surface area contributed by atoms with Crippen LogP contribution in [0.5, 0.6) is 0 Å². The molecule has 4 atom stereocenters.